The van der Waals surface area contributed by atoms with Crippen LogP contribution >= 0.6 is 11.6 Å². The molecule has 0 heterocycles. The van der Waals surface area contributed by atoms with Crippen molar-refractivity contribution in [3.8, 4) is 0 Å². The summed E-state index contributed by atoms with van der Waals surface area (Å²) >= 11 is 5.51. The molecule has 4 heteroatoms. The maximum atomic E-state index is 11.4. The number of carbonyl (C=O) groups is 1. The average molecular weight is 220 g/mol. The van der Waals surface area contributed by atoms with Gasteiger partial charge in [0.05, 0.1) is 12.1 Å². The highest BCUT2D eigenvalue weighted by Gasteiger charge is 2.37. The molecule has 0 radical (unpaired) electrons. The van der Waals surface area contributed by atoms with Crippen LogP contribution in [0.25, 0.3) is 0 Å². The van der Waals surface area contributed by atoms with E-state index in [-0.39, 0.29) is 18.1 Å². The minimum absolute atomic E-state index is 0.0452. The first-order valence-electron chi connectivity index (χ1n) is 5.20. The monoisotopic (exact) mass is 219 g/mol. The number of rotatable bonds is 6. The number of alkyl halides is 1. The summed E-state index contributed by atoms with van der Waals surface area (Å²) in [6.45, 7) is 0.0637. The largest absolute Gasteiger partial charge is 0.394 e. The van der Waals surface area contributed by atoms with Crippen LogP contribution < -0.4 is 5.32 Å². The van der Waals surface area contributed by atoms with E-state index in [0.29, 0.717) is 12.3 Å². The zero-order chi connectivity index (χ0) is 10.4. The summed E-state index contributed by atoms with van der Waals surface area (Å²) in [6, 6.07) is 0. The summed E-state index contributed by atoms with van der Waals surface area (Å²) in [5.74, 6) is 0.655. The van der Waals surface area contributed by atoms with E-state index in [9.17, 15) is 4.79 Å². The van der Waals surface area contributed by atoms with Crippen LogP contribution in [0.3, 0.4) is 0 Å². The molecule has 0 aliphatic heterocycles. The summed E-state index contributed by atoms with van der Waals surface area (Å²) in [4.78, 5) is 11.4. The molecule has 1 saturated carbocycles. The Morgan fingerprint density at radius 2 is 2.14 bits per heavy atom. The van der Waals surface area contributed by atoms with Gasteiger partial charge in [0.2, 0.25) is 5.91 Å². The number of halogens is 1. The molecule has 1 amide bonds. The van der Waals surface area contributed by atoms with Crippen LogP contribution in [0, 0.1) is 0 Å². The summed E-state index contributed by atoms with van der Waals surface area (Å²) in [7, 11) is 0. The van der Waals surface area contributed by atoms with Crippen molar-refractivity contribution in [1.82, 2.24) is 5.32 Å². The normalized spacial score (nSPS) is 18.7. The third-order valence-electron chi connectivity index (χ3n) is 2.81. The molecule has 0 saturated heterocycles. The average Bonchev–Trinajstić information content (AvgIpc) is 2.12. The van der Waals surface area contributed by atoms with Crippen molar-refractivity contribution in [2.24, 2.45) is 0 Å². The number of carbonyl (C=O) groups excluding carboxylic acids is 1. The second-order valence-corrected chi connectivity index (χ2v) is 4.36. The van der Waals surface area contributed by atoms with E-state index in [1.807, 2.05) is 0 Å². The summed E-state index contributed by atoms with van der Waals surface area (Å²) < 4.78 is 0. The van der Waals surface area contributed by atoms with Crippen molar-refractivity contribution >= 4 is 17.5 Å². The first-order chi connectivity index (χ1) is 6.72. The quantitative estimate of drug-likeness (QED) is 0.525. The SMILES string of the molecule is O=C(CCCCCl)NC1(CO)CCC1. The van der Waals surface area contributed by atoms with Gasteiger partial charge in [-0.05, 0) is 32.1 Å². The fourth-order valence-electron chi connectivity index (χ4n) is 1.66. The number of amides is 1. The van der Waals surface area contributed by atoms with Gasteiger partial charge < -0.3 is 10.4 Å². The number of aliphatic hydroxyl groups is 1. The number of nitrogens with one attached hydrogen (secondary N) is 1. The van der Waals surface area contributed by atoms with Crippen molar-refractivity contribution in [1.29, 1.82) is 0 Å². The zero-order valence-electron chi connectivity index (χ0n) is 8.39. The minimum atomic E-state index is -0.294. The van der Waals surface area contributed by atoms with Crippen molar-refractivity contribution < 1.29 is 9.90 Å². The molecule has 0 atom stereocenters. The number of aliphatic hydroxyl groups excluding tert-OH is 1. The Balaban J connectivity index is 2.18. The van der Waals surface area contributed by atoms with E-state index < -0.39 is 0 Å². The van der Waals surface area contributed by atoms with E-state index in [2.05, 4.69) is 5.32 Å². The molecule has 1 rings (SSSR count). The number of hydrogen-bond acceptors (Lipinski definition) is 2. The van der Waals surface area contributed by atoms with Crippen LogP contribution in [0.1, 0.15) is 38.5 Å². The highest BCUT2D eigenvalue weighted by molar-refractivity contribution is 6.17. The second kappa shape index (κ2) is 5.56. The lowest BCUT2D eigenvalue weighted by Crippen LogP contribution is -2.56. The van der Waals surface area contributed by atoms with Crippen molar-refractivity contribution in [3.05, 3.63) is 0 Å². The molecule has 0 aromatic rings. The summed E-state index contributed by atoms with van der Waals surface area (Å²) in [5.41, 5.74) is -0.294. The standard InChI is InChI=1S/C10H18ClNO2/c11-7-2-1-4-9(14)12-10(8-13)5-3-6-10/h13H,1-8H2,(H,12,14). The van der Waals surface area contributed by atoms with Crippen LogP contribution in [-0.2, 0) is 4.79 Å². The van der Waals surface area contributed by atoms with Gasteiger partial charge in [-0.1, -0.05) is 0 Å². The number of hydrogen-bond donors (Lipinski definition) is 2. The highest BCUT2D eigenvalue weighted by atomic mass is 35.5. The molecule has 1 aliphatic carbocycles. The van der Waals surface area contributed by atoms with E-state index in [0.717, 1.165) is 32.1 Å². The molecule has 0 bridgehead atoms. The van der Waals surface area contributed by atoms with Crippen LogP contribution in [0.2, 0.25) is 0 Å². The molecule has 0 aromatic carbocycles. The molecule has 1 aliphatic rings. The first-order valence-corrected chi connectivity index (χ1v) is 5.74. The molecule has 3 nitrogen and oxygen atoms in total. The maximum absolute atomic E-state index is 11.4. The van der Waals surface area contributed by atoms with Crippen LogP contribution in [-0.4, -0.2) is 29.0 Å². The van der Waals surface area contributed by atoms with Crippen molar-refractivity contribution in [3.63, 3.8) is 0 Å². The lowest BCUT2D eigenvalue weighted by atomic mass is 9.77. The number of unbranched alkanes of at least 4 members (excludes halogenated alkanes) is 1. The molecular weight excluding hydrogens is 202 g/mol. The van der Waals surface area contributed by atoms with Gasteiger partial charge in [-0.15, -0.1) is 11.6 Å². The van der Waals surface area contributed by atoms with Gasteiger partial charge in [-0.25, -0.2) is 0 Å². The van der Waals surface area contributed by atoms with Gasteiger partial charge >= 0.3 is 0 Å². The Hall–Kier alpha value is -0.280. The molecule has 1 fully saturated rings. The minimum Gasteiger partial charge on any atom is -0.394 e. The predicted molar refractivity (Wildman–Crippen MR) is 56.4 cm³/mol. The van der Waals surface area contributed by atoms with E-state index in [1.54, 1.807) is 0 Å². The van der Waals surface area contributed by atoms with Crippen LogP contribution in [0.5, 0.6) is 0 Å². The Morgan fingerprint density at radius 3 is 2.57 bits per heavy atom. The second-order valence-electron chi connectivity index (χ2n) is 3.99. The molecule has 2 N–H and O–H groups in total. The van der Waals surface area contributed by atoms with E-state index in [1.165, 1.54) is 0 Å². The Bertz CT molecular complexity index is 187. The van der Waals surface area contributed by atoms with Crippen LogP contribution in [0.15, 0.2) is 0 Å². The fourth-order valence-corrected chi connectivity index (χ4v) is 1.85. The van der Waals surface area contributed by atoms with Crippen molar-refractivity contribution in [2.75, 3.05) is 12.5 Å². The van der Waals surface area contributed by atoms with Gasteiger partial charge in [0.15, 0.2) is 0 Å². The van der Waals surface area contributed by atoms with Gasteiger partial charge in [-0.3, -0.25) is 4.79 Å². The lowest BCUT2D eigenvalue weighted by Gasteiger charge is -2.41. The molecule has 0 spiro atoms. The third-order valence-corrected chi connectivity index (χ3v) is 3.07. The topological polar surface area (TPSA) is 49.3 Å². The van der Waals surface area contributed by atoms with Crippen LogP contribution in [0.4, 0.5) is 0 Å². The van der Waals surface area contributed by atoms with Gasteiger partial charge in [0, 0.05) is 12.3 Å². The Kier molecular flexibility index (Phi) is 4.69. The van der Waals surface area contributed by atoms with E-state index >= 15 is 0 Å². The molecule has 14 heavy (non-hydrogen) atoms. The van der Waals surface area contributed by atoms with Gasteiger partial charge in [0.1, 0.15) is 0 Å². The predicted octanol–water partition coefficient (Wildman–Crippen LogP) is 1.43. The highest BCUT2D eigenvalue weighted by Crippen LogP contribution is 2.31. The van der Waals surface area contributed by atoms with E-state index in [4.69, 9.17) is 16.7 Å². The van der Waals surface area contributed by atoms with Crippen molar-refractivity contribution in [2.45, 2.75) is 44.1 Å². The third kappa shape index (κ3) is 3.14. The first kappa shape index (κ1) is 11.8. The summed E-state index contributed by atoms with van der Waals surface area (Å²) in [6.07, 6.45) is 5.14. The lowest BCUT2D eigenvalue weighted by molar-refractivity contribution is -0.125. The maximum Gasteiger partial charge on any atom is 0.220 e. The molecule has 82 valence electrons. The Labute approximate surface area is 89.8 Å². The fraction of sp³-hybridized carbons (Fsp3) is 0.900. The molecule has 0 aromatic heterocycles. The van der Waals surface area contributed by atoms with Gasteiger partial charge in [-0.2, -0.15) is 0 Å². The van der Waals surface area contributed by atoms with Gasteiger partial charge in [0.25, 0.3) is 0 Å². The zero-order valence-corrected chi connectivity index (χ0v) is 9.15. The summed E-state index contributed by atoms with van der Waals surface area (Å²) in [5, 5.41) is 12.0. The molecular formula is C10H18ClNO2. The Morgan fingerprint density at radius 1 is 1.43 bits per heavy atom. The smallest absolute Gasteiger partial charge is 0.220 e. The molecule has 0 unspecified atom stereocenters.